The van der Waals surface area contributed by atoms with Gasteiger partial charge < -0.3 is 0 Å². The van der Waals surface area contributed by atoms with Gasteiger partial charge in [0.1, 0.15) is 10.7 Å². The molecule has 0 atom stereocenters. The Morgan fingerprint density at radius 1 is 1.04 bits per heavy atom. The lowest BCUT2D eigenvalue weighted by Gasteiger charge is -2.15. The van der Waals surface area contributed by atoms with E-state index in [0.717, 1.165) is 21.4 Å². The standard InChI is InChI=1S/C19H18N4O3S2/c1-13-6-5-7-15(12-13)23-14(2)20-21-19(23)27-11-10-22-18(24)16-8-3-4-9-17(16)28(22,25)26/h3-9,12H,10-11H2,1-2H3. The molecule has 2 heterocycles. The first-order valence-corrected chi connectivity index (χ1v) is 11.1. The Hall–Kier alpha value is -2.65. The molecule has 0 spiro atoms. The summed E-state index contributed by atoms with van der Waals surface area (Å²) in [6.07, 6.45) is 0. The number of amides is 1. The molecular weight excluding hydrogens is 396 g/mol. The Bertz CT molecular complexity index is 1170. The molecule has 28 heavy (non-hydrogen) atoms. The third-order valence-corrected chi connectivity index (χ3v) is 7.24. The van der Waals surface area contributed by atoms with E-state index in [1.807, 2.05) is 42.7 Å². The van der Waals surface area contributed by atoms with E-state index in [1.165, 1.54) is 17.8 Å². The van der Waals surface area contributed by atoms with Crippen molar-refractivity contribution in [1.29, 1.82) is 0 Å². The molecule has 0 fully saturated rings. The Morgan fingerprint density at radius 2 is 1.82 bits per heavy atom. The van der Waals surface area contributed by atoms with Crippen molar-refractivity contribution in [2.45, 2.75) is 23.9 Å². The maximum absolute atomic E-state index is 12.6. The van der Waals surface area contributed by atoms with Crippen molar-refractivity contribution >= 4 is 27.7 Å². The smallest absolute Gasteiger partial charge is 0.269 e. The van der Waals surface area contributed by atoms with Crippen molar-refractivity contribution in [3.8, 4) is 5.69 Å². The minimum Gasteiger partial charge on any atom is -0.274 e. The van der Waals surface area contributed by atoms with Crippen LogP contribution < -0.4 is 0 Å². The van der Waals surface area contributed by atoms with Crippen LogP contribution in [0.25, 0.3) is 5.69 Å². The Kier molecular flexibility index (Phi) is 4.72. The number of nitrogens with zero attached hydrogens (tertiary/aromatic N) is 4. The van der Waals surface area contributed by atoms with Gasteiger partial charge in [0.05, 0.1) is 5.56 Å². The van der Waals surface area contributed by atoms with Gasteiger partial charge in [-0.05, 0) is 43.7 Å². The van der Waals surface area contributed by atoms with E-state index in [4.69, 9.17) is 0 Å². The number of aromatic nitrogens is 3. The molecule has 1 aliphatic heterocycles. The van der Waals surface area contributed by atoms with Gasteiger partial charge >= 0.3 is 0 Å². The van der Waals surface area contributed by atoms with Gasteiger partial charge in [-0.2, -0.15) is 0 Å². The minimum atomic E-state index is -3.79. The maximum atomic E-state index is 12.6. The highest BCUT2D eigenvalue weighted by molar-refractivity contribution is 7.99. The molecule has 1 aliphatic rings. The summed E-state index contributed by atoms with van der Waals surface area (Å²) in [5.74, 6) is 0.640. The Balaban J connectivity index is 1.53. The second-order valence-electron chi connectivity index (χ2n) is 6.43. The predicted molar refractivity (Wildman–Crippen MR) is 106 cm³/mol. The average molecular weight is 415 g/mol. The van der Waals surface area contributed by atoms with Crippen LogP contribution in [0.1, 0.15) is 21.7 Å². The summed E-state index contributed by atoms with van der Waals surface area (Å²) in [4.78, 5) is 12.6. The van der Waals surface area contributed by atoms with E-state index in [-0.39, 0.29) is 17.0 Å². The summed E-state index contributed by atoms with van der Waals surface area (Å²) in [5.41, 5.74) is 2.29. The van der Waals surface area contributed by atoms with Gasteiger partial charge in [-0.3, -0.25) is 9.36 Å². The summed E-state index contributed by atoms with van der Waals surface area (Å²) in [6.45, 7) is 3.95. The van der Waals surface area contributed by atoms with E-state index >= 15 is 0 Å². The van der Waals surface area contributed by atoms with Gasteiger partial charge in [-0.15, -0.1) is 10.2 Å². The van der Waals surface area contributed by atoms with E-state index in [2.05, 4.69) is 10.2 Å². The van der Waals surface area contributed by atoms with Crippen LogP contribution in [0.2, 0.25) is 0 Å². The molecule has 0 aliphatic carbocycles. The second-order valence-corrected chi connectivity index (χ2v) is 9.32. The molecule has 0 saturated heterocycles. The van der Waals surface area contributed by atoms with Crippen molar-refractivity contribution in [1.82, 2.24) is 19.1 Å². The predicted octanol–water partition coefficient (Wildman–Crippen LogP) is 2.82. The molecular formula is C19H18N4O3S2. The van der Waals surface area contributed by atoms with E-state index in [9.17, 15) is 13.2 Å². The fraction of sp³-hybridized carbons (Fsp3) is 0.211. The van der Waals surface area contributed by atoms with Gasteiger partial charge in [0.15, 0.2) is 5.16 Å². The molecule has 0 radical (unpaired) electrons. The first-order valence-electron chi connectivity index (χ1n) is 8.67. The largest absolute Gasteiger partial charge is 0.274 e. The number of rotatable bonds is 5. The molecule has 3 aromatic rings. The van der Waals surface area contributed by atoms with E-state index in [1.54, 1.807) is 18.2 Å². The highest BCUT2D eigenvalue weighted by atomic mass is 32.2. The second kappa shape index (κ2) is 7.06. The zero-order valence-corrected chi connectivity index (χ0v) is 17.0. The summed E-state index contributed by atoms with van der Waals surface area (Å²) >= 11 is 1.37. The SMILES string of the molecule is Cc1cccc(-n2c(C)nnc2SCCN2C(=O)c3ccccc3S2(=O)=O)c1. The van der Waals surface area contributed by atoms with Gasteiger partial charge in [-0.25, -0.2) is 12.7 Å². The number of carbonyl (C=O) groups excluding carboxylic acids is 1. The number of thioether (sulfide) groups is 1. The lowest BCUT2D eigenvalue weighted by atomic mass is 10.2. The Morgan fingerprint density at radius 3 is 2.57 bits per heavy atom. The molecule has 9 heteroatoms. The van der Waals surface area contributed by atoms with Crippen molar-refractivity contribution < 1.29 is 13.2 Å². The summed E-state index contributed by atoms with van der Waals surface area (Å²) in [5, 5.41) is 9.00. The molecule has 0 bridgehead atoms. The third-order valence-electron chi connectivity index (χ3n) is 4.49. The molecule has 1 amide bonds. The normalized spacial score (nSPS) is 15.1. The molecule has 7 nitrogen and oxygen atoms in total. The number of aryl methyl sites for hydroxylation is 2. The van der Waals surface area contributed by atoms with Crippen LogP contribution in [-0.2, 0) is 10.0 Å². The van der Waals surface area contributed by atoms with Crippen molar-refractivity contribution in [3.05, 3.63) is 65.5 Å². The monoisotopic (exact) mass is 414 g/mol. The van der Waals surface area contributed by atoms with E-state index < -0.39 is 15.9 Å². The average Bonchev–Trinajstić information content (AvgIpc) is 3.13. The van der Waals surface area contributed by atoms with E-state index in [0.29, 0.717) is 10.9 Å². The topological polar surface area (TPSA) is 85.2 Å². The van der Waals surface area contributed by atoms with Crippen LogP contribution in [0.4, 0.5) is 0 Å². The van der Waals surface area contributed by atoms with Gasteiger partial charge in [0, 0.05) is 18.0 Å². The van der Waals surface area contributed by atoms with Gasteiger partial charge in [0.25, 0.3) is 15.9 Å². The number of sulfonamides is 1. The fourth-order valence-electron chi connectivity index (χ4n) is 3.17. The number of benzene rings is 2. The van der Waals surface area contributed by atoms with Crippen LogP contribution in [0, 0.1) is 13.8 Å². The van der Waals surface area contributed by atoms with Gasteiger partial charge in [0.2, 0.25) is 0 Å². The first-order chi connectivity index (χ1) is 13.4. The van der Waals surface area contributed by atoms with Crippen LogP contribution >= 0.6 is 11.8 Å². The molecule has 2 aromatic carbocycles. The molecule has 0 unspecified atom stereocenters. The number of fused-ring (bicyclic) bond motifs is 1. The third kappa shape index (κ3) is 3.10. The lowest BCUT2D eigenvalue weighted by Crippen LogP contribution is -2.32. The summed E-state index contributed by atoms with van der Waals surface area (Å²) in [7, 11) is -3.79. The number of carbonyl (C=O) groups is 1. The first kappa shape index (κ1) is 18.7. The minimum absolute atomic E-state index is 0.0697. The highest BCUT2D eigenvalue weighted by Crippen LogP contribution is 2.30. The maximum Gasteiger partial charge on any atom is 0.269 e. The molecule has 0 saturated carbocycles. The van der Waals surface area contributed by atoms with Crippen molar-refractivity contribution in [2.24, 2.45) is 0 Å². The van der Waals surface area contributed by atoms with Crippen LogP contribution in [-0.4, -0.2) is 45.7 Å². The Labute approximate surface area is 167 Å². The zero-order valence-electron chi connectivity index (χ0n) is 15.4. The van der Waals surface area contributed by atoms with Gasteiger partial charge in [-0.1, -0.05) is 36.0 Å². The quantitative estimate of drug-likeness (QED) is 0.597. The summed E-state index contributed by atoms with van der Waals surface area (Å²) < 4.78 is 28.1. The number of hydrogen-bond donors (Lipinski definition) is 0. The summed E-state index contributed by atoms with van der Waals surface area (Å²) in [6, 6.07) is 14.3. The molecule has 1 aromatic heterocycles. The molecule has 144 valence electrons. The van der Waals surface area contributed by atoms with Crippen molar-refractivity contribution in [3.63, 3.8) is 0 Å². The van der Waals surface area contributed by atoms with Crippen molar-refractivity contribution in [2.75, 3.05) is 12.3 Å². The zero-order chi connectivity index (χ0) is 19.9. The number of hydrogen-bond acceptors (Lipinski definition) is 6. The molecule has 0 N–H and O–H groups in total. The van der Waals surface area contributed by atoms with Crippen LogP contribution in [0.5, 0.6) is 0 Å². The molecule has 4 rings (SSSR count). The highest BCUT2D eigenvalue weighted by Gasteiger charge is 2.40. The fourth-order valence-corrected chi connectivity index (χ4v) is 5.78. The van der Waals surface area contributed by atoms with Crippen LogP contribution in [0.3, 0.4) is 0 Å². The lowest BCUT2D eigenvalue weighted by molar-refractivity contribution is 0.0876. The van der Waals surface area contributed by atoms with Crippen LogP contribution in [0.15, 0.2) is 58.6 Å².